The van der Waals surface area contributed by atoms with Gasteiger partial charge in [-0.1, -0.05) is 13.8 Å². The Labute approximate surface area is 197 Å². The molecule has 2 unspecified atom stereocenters. The number of hydrogen-bond donors (Lipinski definition) is 2. The molecule has 2 aromatic heterocycles. The molecule has 10 heteroatoms. The number of morpholine rings is 1. The monoisotopic (exact) mass is 469 g/mol. The van der Waals surface area contributed by atoms with Crippen LogP contribution in [0, 0.1) is 5.92 Å². The van der Waals surface area contributed by atoms with Gasteiger partial charge >= 0.3 is 0 Å². The van der Waals surface area contributed by atoms with Gasteiger partial charge in [0.25, 0.3) is 11.5 Å². The van der Waals surface area contributed by atoms with Crippen molar-refractivity contribution < 1.29 is 19.4 Å². The van der Waals surface area contributed by atoms with Gasteiger partial charge in [-0.05, 0) is 44.1 Å². The number of carbonyl (C=O) groups is 2. The van der Waals surface area contributed by atoms with E-state index in [1.165, 1.54) is 21.4 Å². The van der Waals surface area contributed by atoms with Gasteiger partial charge in [0.2, 0.25) is 11.8 Å². The highest BCUT2D eigenvalue weighted by atomic mass is 16.5. The molecule has 2 saturated heterocycles. The lowest BCUT2D eigenvalue weighted by Crippen LogP contribution is -2.56. The van der Waals surface area contributed by atoms with E-state index in [0.29, 0.717) is 31.0 Å². The third-order valence-corrected chi connectivity index (χ3v) is 6.74. The Balaban J connectivity index is 1.52. The summed E-state index contributed by atoms with van der Waals surface area (Å²) in [5.41, 5.74) is -0.00343. The van der Waals surface area contributed by atoms with Crippen LogP contribution in [0.2, 0.25) is 0 Å². The molecule has 182 valence electrons. The summed E-state index contributed by atoms with van der Waals surface area (Å²) in [6, 6.07) is 0.218. The Morgan fingerprint density at radius 1 is 1.24 bits per heavy atom. The predicted molar refractivity (Wildman–Crippen MR) is 125 cm³/mol. The molecule has 10 nitrogen and oxygen atoms in total. The fraction of sp³-hybridized carbons (Fsp3) is 0.583. The van der Waals surface area contributed by atoms with Crippen molar-refractivity contribution in [2.45, 2.75) is 70.6 Å². The topological polar surface area (TPSA) is 118 Å². The van der Waals surface area contributed by atoms with Crippen molar-refractivity contribution in [1.82, 2.24) is 24.4 Å². The van der Waals surface area contributed by atoms with Gasteiger partial charge in [0, 0.05) is 24.2 Å². The average molecular weight is 470 g/mol. The molecular formula is C24H31N5O5. The number of aromatic hydroxyl groups is 1. The van der Waals surface area contributed by atoms with Crippen LogP contribution in [0.3, 0.4) is 0 Å². The number of ether oxygens (including phenoxy) is 1. The van der Waals surface area contributed by atoms with E-state index >= 15 is 0 Å². The van der Waals surface area contributed by atoms with Gasteiger partial charge in [0.15, 0.2) is 5.56 Å². The van der Waals surface area contributed by atoms with Crippen molar-refractivity contribution in [2.24, 2.45) is 5.92 Å². The van der Waals surface area contributed by atoms with Crippen molar-refractivity contribution in [3.63, 3.8) is 0 Å². The summed E-state index contributed by atoms with van der Waals surface area (Å²) in [6.07, 6.45) is 9.32. The van der Waals surface area contributed by atoms with Gasteiger partial charge in [-0.15, -0.1) is 0 Å². The Morgan fingerprint density at radius 2 is 1.94 bits per heavy atom. The van der Waals surface area contributed by atoms with Crippen molar-refractivity contribution in [3.8, 4) is 5.88 Å². The Bertz CT molecular complexity index is 1190. The highest BCUT2D eigenvalue weighted by molar-refractivity contribution is 5.97. The molecule has 0 radical (unpaired) electrons. The summed E-state index contributed by atoms with van der Waals surface area (Å²) in [5.74, 6) is -1.08. The first-order valence-electron chi connectivity index (χ1n) is 12.1. The van der Waals surface area contributed by atoms with Gasteiger partial charge in [-0.2, -0.15) is 9.61 Å². The van der Waals surface area contributed by atoms with E-state index in [4.69, 9.17) is 4.74 Å². The van der Waals surface area contributed by atoms with E-state index in [-0.39, 0.29) is 35.5 Å². The van der Waals surface area contributed by atoms with Crippen LogP contribution in [0.4, 0.5) is 0 Å². The molecule has 34 heavy (non-hydrogen) atoms. The van der Waals surface area contributed by atoms with Crippen molar-refractivity contribution in [2.75, 3.05) is 13.2 Å². The van der Waals surface area contributed by atoms with Gasteiger partial charge < -0.3 is 20.1 Å². The van der Waals surface area contributed by atoms with E-state index in [9.17, 15) is 19.5 Å². The molecule has 4 heterocycles. The predicted octanol–water partition coefficient (Wildman–Crippen LogP) is 1.54. The molecule has 0 spiro atoms. The SMILES string of the molecule is CC(C)Cn1c(=O)c(C(=O)NC2CC2)c(O)n2ncc(C=CC(=O)N3C4CCCC3COC4)c12. The number of carbonyl (C=O) groups excluding carboxylic acids is 2. The van der Waals surface area contributed by atoms with Crippen LogP contribution < -0.4 is 10.9 Å². The van der Waals surface area contributed by atoms with Gasteiger partial charge in [0.1, 0.15) is 5.65 Å². The molecule has 2 amide bonds. The Hall–Kier alpha value is -3.14. The number of amides is 2. The zero-order chi connectivity index (χ0) is 24.0. The second kappa shape index (κ2) is 8.90. The summed E-state index contributed by atoms with van der Waals surface area (Å²) in [6.45, 7) is 5.37. The van der Waals surface area contributed by atoms with Crippen molar-refractivity contribution in [1.29, 1.82) is 0 Å². The molecule has 5 rings (SSSR count). The molecule has 3 aliphatic rings. The average Bonchev–Trinajstić information content (AvgIpc) is 3.49. The van der Waals surface area contributed by atoms with E-state index in [1.54, 1.807) is 6.08 Å². The maximum absolute atomic E-state index is 13.3. The van der Waals surface area contributed by atoms with Gasteiger partial charge in [0.05, 0.1) is 31.5 Å². The van der Waals surface area contributed by atoms with E-state index in [1.807, 2.05) is 18.7 Å². The summed E-state index contributed by atoms with van der Waals surface area (Å²) in [7, 11) is 0. The van der Waals surface area contributed by atoms with E-state index in [2.05, 4.69) is 10.4 Å². The zero-order valence-corrected chi connectivity index (χ0v) is 19.6. The standard InChI is InChI=1S/C24H31N5O5/c1-14(2)11-27-22-15(6-9-19(30)28-17-4-3-5-18(28)13-34-12-17)10-25-29(22)24(33)20(23(27)32)21(31)26-16-7-8-16/h6,9-10,14,16-18,33H,3-5,7-8,11-13H2,1-2H3,(H,26,31). The van der Waals surface area contributed by atoms with E-state index < -0.39 is 17.3 Å². The molecule has 2 N–H and O–H groups in total. The minimum Gasteiger partial charge on any atom is -0.492 e. The summed E-state index contributed by atoms with van der Waals surface area (Å²) >= 11 is 0. The molecule has 1 saturated carbocycles. The molecule has 2 bridgehead atoms. The molecular weight excluding hydrogens is 438 g/mol. The van der Waals surface area contributed by atoms with Crippen LogP contribution in [-0.2, 0) is 16.1 Å². The molecule has 0 aromatic carbocycles. The van der Waals surface area contributed by atoms with Crippen molar-refractivity contribution >= 4 is 23.5 Å². The number of nitrogens with zero attached hydrogens (tertiary/aromatic N) is 4. The van der Waals surface area contributed by atoms with Crippen LogP contribution in [0.25, 0.3) is 11.7 Å². The number of nitrogens with one attached hydrogen (secondary N) is 1. The van der Waals surface area contributed by atoms with Gasteiger partial charge in [-0.25, -0.2) is 0 Å². The second-order valence-corrected chi connectivity index (χ2v) is 9.95. The lowest BCUT2D eigenvalue weighted by atomic mass is 9.94. The maximum atomic E-state index is 13.3. The molecule has 3 fully saturated rings. The zero-order valence-electron chi connectivity index (χ0n) is 19.6. The number of hydrogen-bond acceptors (Lipinski definition) is 6. The first-order chi connectivity index (χ1) is 16.3. The highest BCUT2D eigenvalue weighted by Gasteiger charge is 2.37. The largest absolute Gasteiger partial charge is 0.492 e. The summed E-state index contributed by atoms with van der Waals surface area (Å²) < 4.78 is 8.31. The molecule has 2 atom stereocenters. The third kappa shape index (κ3) is 4.11. The quantitative estimate of drug-likeness (QED) is 0.620. The second-order valence-electron chi connectivity index (χ2n) is 9.95. The van der Waals surface area contributed by atoms with Crippen LogP contribution in [0.15, 0.2) is 17.1 Å². The fourth-order valence-electron chi connectivity index (χ4n) is 4.99. The molecule has 2 aliphatic heterocycles. The Morgan fingerprint density at radius 3 is 2.59 bits per heavy atom. The van der Waals surface area contributed by atoms with Crippen LogP contribution in [0.5, 0.6) is 5.88 Å². The number of rotatable bonds is 6. The first-order valence-corrected chi connectivity index (χ1v) is 12.1. The Kier molecular flexibility index (Phi) is 5.93. The minimum atomic E-state index is -0.592. The van der Waals surface area contributed by atoms with Gasteiger partial charge in [-0.3, -0.25) is 19.0 Å². The third-order valence-electron chi connectivity index (χ3n) is 6.74. The maximum Gasteiger partial charge on any atom is 0.270 e. The normalized spacial score (nSPS) is 22.6. The number of fused-ring (bicyclic) bond motifs is 3. The molecule has 1 aliphatic carbocycles. The van der Waals surface area contributed by atoms with E-state index in [0.717, 1.165) is 32.1 Å². The minimum absolute atomic E-state index is 0.0438. The number of aromatic nitrogens is 3. The van der Waals surface area contributed by atoms with Crippen LogP contribution in [-0.4, -0.2) is 67.3 Å². The number of piperidine rings is 1. The first kappa shape index (κ1) is 22.6. The van der Waals surface area contributed by atoms with Crippen molar-refractivity contribution in [3.05, 3.63) is 33.8 Å². The lowest BCUT2D eigenvalue weighted by molar-refractivity contribution is -0.145. The summed E-state index contributed by atoms with van der Waals surface area (Å²) in [4.78, 5) is 41.0. The van der Waals surface area contributed by atoms with Crippen LogP contribution >= 0.6 is 0 Å². The fourth-order valence-corrected chi connectivity index (χ4v) is 4.99. The molecule has 2 aromatic rings. The highest BCUT2D eigenvalue weighted by Crippen LogP contribution is 2.28. The van der Waals surface area contributed by atoms with Crippen LogP contribution in [0.1, 0.15) is 61.9 Å². The smallest absolute Gasteiger partial charge is 0.270 e. The lowest BCUT2D eigenvalue weighted by Gasteiger charge is -2.45. The summed E-state index contributed by atoms with van der Waals surface area (Å²) in [5, 5.41) is 17.8.